The Morgan fingerprint density at radius 2 is 1.87 bits per heavy atom. The summed E-state index contributed by atoms with van der Waals surface area (Å²) in [6.07, 6.45) is 0. The number of benzene rings is 1. The van der Waals surface area contributed by atoms with Crippen LogP contribution in [0.1, 0.15) is 30.0 Å². The molecule has 0 unspecified atom stereocenters. The first-order valence-corrected chi connectivity index (χ1v) is 11.6. The molecule has 4 rings (SSSR count). The maximum atomic E-state index is 13.2. The van der Waals surface area contributed by atoms with Gasteiger partial charge in [0.2, 0.25) is 5.91 Å². The molecule has 8 heteroatoms. The van der Waals surface area contributed by atoms with Gasteiger partial charge in [-0.05, 0) is 36.2 Å². The molecule has 2 fully saturated rings. The van der Waals surface area contributed by atoms with Crippen molar-refractivity contribution in [2.75, 3.05) is 59.5 Å². The van der Waals surface area contributed by atoms with Gasteiger partial charge in [-0.25, -0.2) is 0 Å². The molecule has 1 amide bonds. The van der Waals surface area contributed by atoms with Gasteiger partial charge in [-0.2, -0.15) is 0 Å². The highest BCUT2D eigenvalue weighted by Gasteiger charge is 2.39. The van der Waals surface area contributed by atoms with Crippen molar-refractivity contribution in [2.45, 2.75) is 18.8 Å². The third-order valence-corrected chi connectivity index (χ3v) is 6.79. The second-order valence-electron chi connectivity index (χ2n) is 8.63. The van der Waals surface area contributed by atoms with E-state index in [9.17, 15) is 4.79 Å². The molecule has 0 N–H and O–H groups in total. The number of rotatable bonds is 7. The first kappa shape index (κ1) is 21.9. The molecule has 0 radical (unpaired) electrons. The van der Waals surface area contributed by atoms with Gasteiger partial charge in [0.1, 0.15) is 5.75 Å². The van der Waals surface area contributed by atoms with Crippen molar-refractivity contribution in [3.05, 3.63) is 53.1 Å². The number of likely N-dealkylation sites (tertiary alicyclic amines) is 1. The lowest BCUT2D eigenvalue weighted by Gasteiger charge is -2.35. The molecule has 2 aliphatic heterocycles. The summed E-state index contributed by atoms with van der Waals surface area (Å²) in [6, 6.07) is 8.16. The molecule has 31 heavy (non-hydrogen) atoms. The lowest BCUT2D eigenvalue weighted by atomic mass is 9.87. The van der Waals surface area contributed by atoms with Crippen LogP contribution < -0.4 is 4.74 Å². The van der Waals surface area contributed by atoms with Crippen LogP contribution in [0.25, 0.3) is 0 Å². The normalized spacial score (nSPS) is 22.6. The molecule has 0 aliphatic carbocycles. The van der Waals surface area contributed by atoms with Gasteiger partial charge < -0.3 is 9.64 Å². The van der Waals surface area contributed by atoms with Crippen molar-refractivity contribution in [1.82, 2.24) is 24.3 Å². The fourth-order valence-corrected chi connectivity index (χ4v) is 5.15. The number of amides is 1. The Kier molecular flexibility index (Phi) is 6.99. The summed E-state index contributed by atoms with van der Waals surface area (Å²) in [6.45, 7) is 12.7. The molecule has 0 bridgehead atoms. The number of piperazine rings is 1. The first-order valence-electron chi connectivity index (χ1n) is 10.8. The minimum atomic E-state index is 0.155. The minimum Gasteiger partial charge on any atom is -0.497 e. The average molecular weight is 442 g/mol. The van der Waals surface area contributed by atoms with E-state index in [1.54, 1.807) is 7.11 Å². The van der Waals surface area contributed by atoms with Gasteiger partial charge in [-0.3, -0.25) is 14.6 Å². The van der Waals surface area contributed by atoms with E-state index >= 15 is 0 Å². The highest BCUT2D eigenvalue weighted by Crippen LogP contribution is 2.40. The van der Waals surface area contributed by atoms with Crippen molar-refractivity contribution in [3.8, 4) is 5.75 Å². The van der Waals surface area contributed by atoms with Crippen LogP contribution in [0.2, 0.25) is 0 Å². The Hall–Kier alpha value is -2.29. The number of carbonyl (C=O) groups is 1. The number of hydrogen-bond acceptors (Lipinski definition) is 7. The van der Waals surface area contributed by atoms with Crippen LogP contribution in [0.15, 0.2) is 41.8 Å². The summed E-state index contributed by atoms with van der Waals surface area (Å²) in [5.74, 6) is 1.38. The summed E-state index contributed by atoms with van der Waals surface area (Å²) in [7, 11) is 1.68. The standard InChI is InChI=1S/C23H31N5O2S/c1-17(2)12-26-7-9-27(10-8-26)15-23(29)28-13-20(18-5-4-6-19(11-18)30-3)21(14-28)22-16-31-25-24-22/h4-6,11,16,20-21H,1,7-10,12-15H2,2-3H3/t20-,21+/m0/s1. The maximum Gasteiger partial charge on any atom is 0.236 e. The van der Waals surface area contributed by atoms with E-state index in [0.29, 0.717) is 19.6 Å². The van der Waals surface area contributed by atoms with Gasteiger partial charge >= 0.3 is 0 Å². The predicted octanol–water partition coefficient (Wildman–Crippen LogP) is 2.45. The van der Waals surface area contributed by atoms with Crippen LogP contribution in [0.3, 0.4) is 0 Å². The maximum absolute atomic E-state index is 13.2. The highest BCUT2D eigenvalue weighted by atomic mass is 32.1. The fraction of sp³-hybridized carbons (Fsp3) is 0.522. The van der Waals surface area contributed by atoms with Crippen LogP contribution in [0.4, 0.5) is 0 Å². The number of methoxy groups -OCH3 is 1. The number of carbonyl (C=O) groups excluding carboxylic acids is 1. The Morgan fingerprint density at radius 1 is 1.16 bits per heavy atom. The SMILES string of the molecule is C=C(C)CN1CCN(CC(=O)N2C[C@@H](c3cccc(OC)c3)[C@H](c3csnn3)C2)CC1. The second kappa shape index (κ2) is 9.89. The van der Waals surface area contributed by atoms with E-state index in [2.05, 4.69) is 45.0 Å². The molecular formula is C23H31N5O2S. The Bertz CT molecular complexity index is 895. The molecule has 2 saturated heterocycles. The van der Waals surface area contributed by atoms with E-state index < -0.39 is 0 Å². The van der Waals surface area contributed by atoms with Crippen LogP contribution in [0.5, 0.6) is 5.75 Å². The van der Waals surface area contributed by atoms with Crippen LogP contribution in [-0.4, -0.2) is 89.7 Å². The van der Waals surface area contributed by atoms with Crippen molar-refractivity contribution < 1.29 is 9.53 Å². The number of nitrogens with zero attached hydrogens (tertiary/aromatic N) is 5. The smallest absolute Gasteiger partial charge is 0.236 e. The molecule has 7 nitrogen and oxygen atoms in total. The minimum absolute atomic E-state index is 0.155. The van der Waals surface area contributed by atoms with E-state index in [4.69, 9.17) is 4.74 Å². The van der Waals surface area contributed by atoms with Crippen molar-refractivity contribution in [1.29, 1.82) is 0 Å². The zero-order chi connectivity index (χ0) is 21.8. The van der Waals surface area contributed by atoms with E-state index in [-0.39, 0.29) is 17.7 Å². The summed E-state index contributed by atoms with van der Waals surface area (Å²) >= 11 is 1.37. The molecule has 3 heterocycles. The van der Waals surface area contributed by atoms with Gasteiger partial charge in [0.05, 0.1) is 19.3 Å². The van der Waals surface area contributed by atoms with Crippen LogP contribution in [0, 0.1) is 0 Å². The second-order valence-corrected chi connectivity index (χ2v) is 9.24. The Balaban J connectivity index is 1.42. The molecule has 0 spiro atoms. The predicted molar refractivity (Wildman–Crippen MR) is 123 cm³/mol. The molecular weight excluding hydrogens is 410 g/mol. The molecule has 1 aromatic heterocycles. The van der Waals surface area contributed by atoms with Gasteiger partial charge in [0.25, 0.3) is 0 Å². The molecule has 2 aliphatic rings. The largest absolute Gasteiger partial charge is 0.497 e. The summed E-state index contributed by atoms with van der Waals surface area (Å²) in [5, 5.41) is 6.34. The summed E-state index contributed by atoms with van der Waals surface area (Å²) < 4.78 is 9.49. The van der Waals surface area contributed by atoms with Gasteiger partial charge in [0.15, 0.2) is 0 Å². The fourth-order valence-electron chi connectivity index (χ4n) is 4.63. The van der Waals surface area contributed by atoms with Crippen LogP contribution in [-0.2, 0) is 4.79 Å². The van der Waals surface area contributed by atoms with Gasteiger partial charge in [-0.15, -0.1) is 5.10 Å². The molecule has 2 aromatic rings. The number of aromatic nitrogens is 2. The van der Waals surface area contributed by atoms with E-state index in [1.807, 2.05) is 22.4 Å². The highest BCUT2D eigenvalue weighted by molar-refractivity contribution is 7.03. The Labute approximate surface area is 188 Å². The lowest BCUT2D eigenvalue weighted by molar-refractivity contribution is -0.131. The Morgan fingerprint density at radius 3 is 2.52 bits per heavy atom. The van der Waals surface area contributed by atoms with Crippen molar-refractivity contribution in [2.24, 2.45) is 0 Å². The van der Waals surface area contributed by atoms with Gasteiger partial charge in [0, 0.05) is 63.0 Å². The quantitative estimate of drug-likeness (QED) is 0.615. The van der Waals surface area contributed by atoms with Crippen molar-refractivity contribution in [3.63, 3.8) is 0 Å². The average Bonchev–Trinajstić information content (AvgIpc) is 3.45. The third-order valence-electron chi connectivity index (χ3n) is 6.27. The lowest BCUT2D eigenvalue weighted by Crippen LogP contribution is -2.50. The molecule has 2 atom stereocenters. The zero-order valence-corrected chi connectivity index (χ0v) is 19.2. The van der Waals surface area contributed by atoms with Crippen molar-refractivity contribution >= 4 is 17.4 Å². The third kappa shape index (κ3) is 5.31. The summed E-state index contributed by atoms with van der Waals surface area (Å²) in [5.41, 5.74) is 3.34. The first-order chi connectivity index (χ1) is 15.0. The molecule has 166 valence electrons. The number of ether oxygens (including phenoxy) is 1. The van der Waals surface area contributed by atoms with E-state index in [0.717, 1.165) is 44.2 Å². The summed E-state index contributed by atoms with van der Waals surface area (Å²) in [4.78, 5) is 19.9. The van der Waals surface area contributed by atoms with Gasteiger partial charge in [-0.1, -0.05) is 28.8 Å². The molecule has 0 saturated carbocycles. The topological polar surface area (TPSA) is 61.8 Å². The van der Waals surface area contributed by atoms with Crippen LogP contribution >= 0.6 is 11.5 Å². The monoisotopic (exact) mass is 441 g/mol. The van der Waals surface area contributed by atoms with E-state index in [1.165, 1.54) is 22.7 Å². The molecule has 1 aromatic carbocycles. The number of hydrogen-bond donors (Lipinski definition) is 0. The zero-order valence-electron chi connectivity index (χ0n) is 18.4.